The molecular formula is C19H17N. The maximum absolute atomic E-state index is 2.39. The highest BCUT2D eigenvalue weighted by molar-refractivity contribution is 5.91. The van der Waals surface area contributed by atoms with Gasteiger partial charge in [-0.1, -0.05) is 49.4 Å². The molecule has 0 spiro atoms. The first-order valence-corrected chi connectivity index (χ1v) is 7.21. The van der Waals surface area contributed by atoms with Crippen LogP contribution in [0.2, 0.25) is 0 Å². The van der Waals surface area contributed by atoms with Crippen LogP contribution in [0.5, 0.6) is 0 Å². The molecule has 1 heterocycles. The lowest BCUT2D eigenvalue weighted by Gasteiger charge is -2.16. The van der Waals surface area contributed by atoms with Crippen molar-refractivity contribution in [2.45, 2.75) is 19.3 Å². The summed E-state index contributed by atoms with van der Waals surface area (Å²) in [7, 11) is 0. The van der Waals surface area contributed by atoms with Crippen molar-refractivity contribution in [1.29, 1.82) is 0 Å². The number of aromatic nitrogens is 1. The molecule has 3 aromatic rings. The third-order valence-corrected chi connectivity index (χ3v) is 4.22. The second-order valence-electron chi connectivity index (χ2n) is 5.53. The summed E-state index contributed by atoms with van der Waals surface area (Å²) in [6.07, 6.45) is 5.71. The van der Waals surface area contributed by atoms with Crippen LogP contribution in [0.15, 0.2) is 60.7 Å². The second kappa shape index (κ2) is 4.38. The van der Waals surface area contributed by atoms with Crippen molar-refractivity contribution < 1.29 is 0 Å². The lowest BCUT2D eigenvalue weighted by molar-refractivity contribution is 0.773. The van der Waals surface area contributed by atoms with Gasteiger partial charge >= 0.3 is 0 Å². The average molecular weight is 259 g/mol. The standard InChI is InChI=1S/C19H17N/c1-14-8-7-13-18-19(14)16-11-5-6-12-17(16)20(18)15-9-3-2-4-10-15/h2-7,9-14H,8H2,1H3. The fourth-order valence-corrected chi connectivity index (χ4v) is 3.32. The molecule has 1 aliphatic rings. The molecule has 0 saturated carbocycles. The van der Waals surface area contributed by atoms with Gasteiger partial charge in [0.05, 0.1) is 5.52 Å². The van der Waals surface area contributed by atoms with Gasteiger partial charge in [0.25, 0.3) is 0 Å². The van der Waals surface area contributed by atoms with Crippen molar-refractivity contribution >= 4 is 17.0 Å². The van der Waals surface area contributed by atoms with Crippen molar-refractivity contribution in [2.24, 2.45) is 0 Å². The van der Waals surface area contributed by atoms with Gasteiger partial charge in [0, 0.05) is 16.8 Å². The van der Waals surface area contributed by atoms with E-state index < -0.39 is 0 Å². The molecule has 1 atom stereocenters. The minimum Gasteiger partial charge on any atom is -0.310 e. The lowest BCUT2D eigenvalue weighted by atomic mass is 9.91. The van der Waals surface area contributed by atoms with Crippen LogP contribution in [0.4, 0.5) is 0 Å². The first-order valence-electron chi connectivity index (χ1n) is 7.21. The van der Waals surface area contributed by atoms with Crippen molar-refractivity contribution in [3.8, 4) is 5.69 Å². The monoisotopic (exact) mass is 259 g/mol. The highest BCUT2D eigenvalue weighted by Gasteiger charge is 2.22. The molecule has 1 unspecified atom stereocenters. The molecule has 98 valence electrons. The molecule has 20 heavy (non-hydrogen) atoms. The maximum atomic E-state index is 2.39. The van der Waals surface area contributed by atoms with E-state index in [9.17, 15) is 0 Å². The zero-order chi connectivity index (χ0) is 13.5. The summed E-state index contributed by atoms with van der Waals surface area (Å²) in [5.41, 5.74) is 5.38. The predicted octanol–water partition coefficient (Wildman–Crippen LogP) is 5.15. The Morgan fingerprint density at radius 3 is 2.55 bits per heavy atom. The van der Waals surface area contributed by atoms with Crippen LogP contribution < -0.4 is 0 Å². The Kier molecular flexibility index (Phi) is 2.53. The summed E-state index contributed by atoms with van der Waals surface area (Å²) in [5, 5.41) is 1.39. The molecule has 1 aromatic heterocycles. The molecule has 0 bridgehead atoms. The van der Waals surface area contributed by atoms with Crippen LogP contribution in [0, 0.1) is 0 Å². The molecule has 0 fully saturated rings. The minimum absolute atomic E-state index is 0.588. The van der Waals surface area contributed by atoms with Crippen molar-refractivity contribution in [3.05, 3.63) is 71.9 Å². The smallest absolute Gasteiger partial charge is 0.0537 e. The van der Waals surface area contributed by atoms with Gasteiger partial charge in [-0.05, 0) is 42.2 Å². The number of fused-ring (bicyclic) bond motifs is 3. The summed E-state index contributed by atoms with van der Waals surface area (Å²) in [4.78, 5) is 0. The second-order valence-corrected chi connectivity index (χ2v) is 5.53. The van der Waals surface area contributed by atoms with Gasteiger partial charge in [-0.25, -0.2) is 0 Å². The maximum Gasteiger partial charge on any atom is 0.0537 e. The molecule has 2 aromatic carbocycles. The molecule has 4 rings (SSSR count). The van der Waals surface area contributed by atoms with Crippen molar-refractivity contribution in [3.63, 3.8) is 0 Å². The third kappa shape index (κ3) is 1.56. The van der Waals surface area contributed by atoms with Crippen LogP contribution in [0.25, 0.3) is 22.7 Å². The lowest BCUT2D eigenvalue weighted by Crippen LogP contribution is -2.02. The van der Waals surface area contributed by atoms with E-state index in [1.54, 1.807) is 0 Å². The number of rotatable bonds is 1. The summed E-state index contributed by atoms with van der Waals surface area (Å²) in [5.74, 6) is 0.588. The molecule has 1 heteroatoms. The van der Waals surface area contributed by atoms with Crippen molar-refractivity contribution in [1.82, 2.24) is 4.57 Å². The third-order valence-electron chi connectivity index (χ3n) is 4.22. The summed E-state index contributed by atoms with van der Waals surface area (Å²) < 4.78 is 2.39. The van der Waals surface area contributed by atoms with E-state index in [-0.39, 0.29) is 0 Å². The molecule has 0 saturated heterocycles. The van der Waals surface area contributed by atoms with Gasteiger partial charge in [-0.15, -0.1) is 0 Å². The predicted molar refractivity (Wildman–Crippen MR) is 85.3 cm³/mol. The van der Waals surface area contributed by atoms with Gasteiger partial charge in [0.1, 0.15) is 0 Å². The van der Waals surface area contributed by atoms with Crippen LogP contribution >= 0.6 is 0 Å². The number of nitrogens with zero attached hydrogens (tertiary/aromatic N) is 1. The Morgan fingerprint density at radius 2 is 1.70 bits per heavy atom. The Hall–Kier alpha value is -2.28. The minimum atomic E-state index is 0.588. The highest BCUT2D eigenvalue weighted by atomic mass is 15.0. The van der Waals surface area contributed by atoms with E-state index in [1.165, 1.54) is 27.8 Å². The summed E-state index contributed by atoms with van der Waals surface area (Å²) >= 11 is 0. The van der Waals surface area contributed by atoms with Crippen LogP contribution in [-0.2, 0) is 0 Å². The number of hydrogen-bond donors (Lipinski definition) is 0. The van der Waals surface area contributed by atoms with Crippen LogP contribution in [0.1, 0.15) is 30.5 Å². The highest BCUT2D eigenvalue weighted by Crippen LogP contribution is 2.39. The van der Waals surface area contributed by atoms with E-state index >= 15 is 0 Å². The largest absolute Gasteiger partial charge is 0.310 e. The normalized spacial score (nSPS) is 17.4. The Bertz CT molecular complexity index is 793. The fourth-order valence-electron chi connectivity index (χ4n) is 3.32. The Balaban J connectivity index is 2.14. The molecule has 0 amide bonds. The van der Waals surface area contributed by atoms with Gasteiger partial charge in [-0.3, -0.25) is 0 Å². The molecule has 1 nitrogen and oxygen atoms in total. The SMILES string of the molecule is CC1CC=Cc2c1c1ccccc1n2-c1ccccc1. The van der Waals surface area contributed by atoms with Crippen LogP contribution in [0.3, 0.4) is 0 Å². The molecular weight excluding hydrogens is 242 g/mol. The number of benzene rings is 2. The number of hydrogen-bond acceptors (Lipinski definition) is 0. The zero-order valence-corrected chi connectivity index (χ0v) is 11.6. The molecule has 1 aliphatic carbocycles. The van der Waals surface area contributed by atoms with E-state index in [0.29, 0.717) is 5.92 Å². The Morgan fingerprint density at radius 1 is 0.950 bits per heavy atom. The molecule has 0 aliphatic heterocycles. The quantitative estimate of drug-likeness (QED) is 0.569. The van der Waals surface area contributed by atoms with E-state index in [2.05, 4.69) is 78.2 Å². The molecule has 0 N–H and O–H groups in total. The van der Waals surface area contributed by atoms with Gasteiger partial charge in [0.2, 0.25) is 0 Å². The Labute approximate surface area is 119 Å². The van der Waals surface area contributed by atoms with E-state index in [1.807, 2.05) is 0 Å². The summed E-state index contributed by atoms with van der Waals surface area (Å²) in [6.45, 7) is 2.32. The van der Waals surface area contributed by atoms with E-state index in [0.717, 1.165) is 6.42 Å². The number of para-hydroxylation sites is 2. The summed E-state index contributed by atoms with van der Waals surface area (Å²) in [6, 6.07) is 19.4. The van der Waals surface area contributed by atoms with Gasteiger partial charge < -0.3 is 4.57 Å². The first kappa shape index (κ1) is 11.5. The van der Waals surface area contributed by atoms with Crippen molar-refractivity contribution in [2.75, 3.05) is 0 Å². The zero-order valence-electron chi connectivity index (χ0n) is 11.6. The van der Waals surface area contributed by atoms with E-state index in [4.69, 9.17) is 0 Å². The topological polar surface area (TPSA) is 4.93 Å². The average Bonchev–Trinajstić information content (AvgIpc) is 2.84. The van der Waals surface area contributed by atoms with Gasteiger partial charge in [-0.2, -0.15) is 0 Å². The first-order chi connectivity index (χ1) is 9.86. The molecule has 0 radical (unpaired) electrons. The van der Waals surface area contributed by atoms with Gasteiger partial charge in [0.15, 0.2) is 0 Å². The van der Waals surface area contributed by atoms with Crippen LogP contribution in [-0.4, -0.2) is 4.57 Å². The number of allylic oxidation sites excluding steroid dienone is 1. The fraction of sp³-hybridized carbons (Fsp3) is 0.158.